The quantitative estimate of drug-likeness (QED) is 0.869. The largest absolute Gasteiger partial charge is 0.375 e. The maximum Gasteiger partial charge on any atom is 0.272 e. The molecule has 1 aliphatic carbocycles. The molecule has 0 radical (unpaired) electrons. The molecule has 0 bridgehead atoms. The Kier molecular flexibility index (Phi) is 3.66. The minimum Gasteiger partial charge on any atom is -0.375 e. The maximum absolute atomic E-state index is 12.3. The average Bonchev–Trinajstić information content (AvgIpc) is 3.12. The number of amides is 1. The summed E-state index contributed by atoms with van der Waals surface area (Å²) in [5.74, 6) is 0.714. The van der Waals surface area contributed by atoms with Crippen molar-refractivity contribution in [3.05, 3.63) is 17.5 Å². The first-order chi connectivity index (χ1) is 10.7. The van der Waals surface area contributed by atoms with Gasteiger partial charge in [-0.15, -0.1) is 0 Å². The Bertz CT molecular complexity index is 554. The van der Waals surface area contributed by atoms with E-state index < -0.39 is 0 Å². The summed E-state index contributed by atoms with van der Waals surface area (Å²) >= 11 is 0. The molecule has 6 nitrogen and oxygen atoms in total. The van der Waals surface area contributed by atoms with Gasteiger partial charge in [0, 0.05) is 30.9 Å². The molecule has 4 rings (SSSR count). The fraction of sp³-hybridized carbons (Fsp3) is 0.750. The number of H-pyrrole nitrogens is 1. The number of carbonyl (C=O) groups excluding carboxylic acids is 1. The number of carbonyl (C=O) groups is 1. The maximum atomic E-state index is 12.3. The molecule has 2 aliphatic heterocycles. The second-order valence-corrected chi connectivity index (χ2v) is 6.86. The molecule has 2 saturated heterocycles. The Balaban J connectivity index is 1.33. The van der Waals surface area contributed by atoms with E-state index in [-0.39, 0.29) is 11.9 Å². The molecule has 6 heteroatoms. The van der Waals surface area contributed by atoms with Crippen molar-refractivity contribution in [3.8, 4) is 0 Å². The van der Waals surface area contributed by atoms with Crippen LogP contribution in [0, 0.1) is 5.92 Å². The van der Waals surface area contributed by atoms with Crippen molar-refractivity contribution in [2.45, 2.75) is 50.8 Å². The molecular weight excluding hydrogens is 280 g/mol. The average molecular weight is 304 g/mol. The van der Waals surface area contributed by atoms with E-state index in [1.807, 2.05) is 13.0 Å². The van der Waals surface area contributed by atoms with Crippen LogP contribution in [-0.4, -0.2) is 58.9 Å². The minimum atomic E-state index is -0.0690. The number of ether oxygens (including phenoxy) is 1. The molecule has 0 aromatic carbocycles. The third kappa shape index (κ3) is 2.77. The van der Waals surface area contributed by atoms with Crippen molar-refractivity contribution in [1.29, 1.82) is 0 Å². The van der Waals surface area contributed by atoms with Crippen LogP contribution >= 0.6 is 0 Å². The standard InChI is InChI=1S/C16H24N4O2/c1-2-11-6-14(19-18-11)16(21)17-12-5-13-9-22-15(10-3-4-10)8-20(13)7-12/h6,10,12-13,15H,2-5,7-9H2,1H3,(H,17,21)(H,18,19)/t12-,13-,15-/m0/s1. The van der Waals surface area contributed by atoms with Gasteiger partial charge in [-0.1, -0.05) is 6.92 Å². The number of hydrogen-bond acceptors (Lipinski definition) is 4. The number of nitrogens with zero attached hydrogens (tertiary/aromatic N) is 2. The number of fused-ring (bicyclic) bond motifs is 1. The van der Waals surface area contributed by atoms with Gasteiger partial charge in [0.25, 0.3) is 5.91 Å². The van der Waals surface area contributed by atoms with E-state index in [4.69, 9.17) is 4.74 Å². The van der Waals surface area contributed by atoms with E-state index in [2.05, 4.69) is 20.4 Å². The molecule has 1 amide bonds. The summed E-state index contributed by atoms with van der Waals surface area (Å²) in [6.07, 6.45) is 4.90. The highest BCUT2D eigenvalue weighted by Gasteiger charge is 2.42. The fourth-order valence-corrected chi connectivity index (χ4v) is 3.68. The molecule has 22 heavy (non-hydrogen) atoms. The first-order valence-corrected chi connectivity index (χ1v) is 8.43. The Hall–Kier alpha value is -1.40. The van der Waals surface area contributed by atoms with Crippen molar-refractivity contribution < 1.29 is 9.53 Å². The smallest absolute Gasteiger partial charge is 0.272 e. The molecular formula is C16H24N4O2. The van der Waals surface area contributed by atoms with E-state index in [0.29, 0.717) is 17.8 Å². The lowest BCUT2D eigenvalue weighted by molar-refractivity contribution is -0.0581. The summed E-state index contributed by atoms with van der Waals surface area (Å²) in [5.41, 5.74) is 1.49. The summed E-state index contributed by atoms with van der Waals surface area (Å²) < 4.78 is 6.00. The molecule has 3 heterocycles. The second-order valence-electron chi connectivity index (χ2n) is 6.86. The van der Waals surface area contributed by atoms with Crippen molar-refractivity contribution in [2.24, 2.45) is 5.92 Å². The molecule has 120 valence electrons. The van der Waals surface area contributed by atoms with Crippen LogP contribution in [0.25, 0.3) is 0 Å². The molecule has 3 fully saturated rings. The molecule has 3 aliphatic rings. The highest BCUT2D eigenvalue weighted by molar-refractivity contribution is 5.92. The van der Waals surface area contributed by atoms with Crippen LogP contribution in [0.15, 0.2) is 6.07 Å². The van der Waals surface area contributed by atoms with Crippen LogP contribution < -0.4 is 5.32 Å². The fourth-order valence-electron chi connectivity index (χ4n) is 3.68. The molecule has 0 unspecified atom stereocenters. The topological polar surface area (TPSA) is 70.2 Å². The molecule has 3 atom stereocenters. The van der Waals surface area contributed by atoms with Crippen LogP contribution in [0.3, 0.4) is 0 Å². The summed E-state index contributed by atoms with van der Waals surface area (Å²) in [5, 5.41) is 10.1. The lowest BCUT2D eigenvalue weighted by Gasteiger charge is -2.35. The van der Waals surface area contributed by atoms with Crippen LogP contribution in [0.2, 0.25) is 0 Å². The summed E-state index contributed by atoms with van der Waals surface area (Å²) in [6, 6.07) is 2.51. The molecule has 0 spiro atoms. The lowest BCUT2D eigenvalue weighted by atomic mass is 10.1. The van der Waals surface area contributed by atoms with Crippen molar-refractivity contribution in [3.63, 3.8) is 0 Å². The van der Waals surface area contributed by atoms with Crippen molar-refractivity contribution >= 4 is 5.91 Å². The third-order valence-corrected chi connectivity index (χ3v) is 5.17. The van der Waals surface area contributed by atoms with E-state index >= 15 is 0 Å². The van der Waals surface area contributed by atoms with Gasteiger partial charge < -0.3 is 10.1 Å². The van der Waals surface area contributed by atoms with Gasteiger partial charge in [0.05, 0.1) is 12.7 Å². The van der Waals surface area contributed by atoms with E-state index in [1.54, 1.807) is 0 Å². The van der Waals surface area contributed by atoms with Gasteiger partial charge in [-0.25, -0.2) is 0 Å². The predicted molar refractivity (Wildman–Crippen MR) is 81.7 cm³/mol. The first-order valence-electron chi connectivity index (χ1n) is 8.43. The Morgan fingerprint density at radius 1 is 1.50 bits per heavy atom. The van der Waals surface area contributed by atoms with Gasteiger partial charge in [0.2, 0.25) is 0 Å². The SMILES string of the molecule is CCc1cc(C(=O)N[C@H]2C[C@H]3CO[C@H](C4CC4)CN3C2)n[nH]1. The summed E-state index contributed by atoms with van der Waals surface area (Å²) in [7, 11) is 0. The van der Waals surface area contributed by atoms with E-state index in [0.717, 1.165) is 44.1 Å². The zero-order valence-electron chi connectivity index (χ0n) is 13.0. The Morgan fingerprint density at radius 2 is 2.36 bits per heavy atom. The van der Waals surface area contributed by atoms with Crippen molar-refractivity contribution in [1.82, 2.24) is 20.4 Å². The van der Waals surface area contributed by atoms with Gasteiger partial charge in [0.1, 0.15) is 5.69 Å². The molecule has 1 aromatic rings. The number of morpholine rings is 1. The number of aryl methyl sites for hydroxylation is 1. The van der Waals surface area contributed by atoms with Crippen LogP contribution in [0.4, 0.5) is 0 Å². The van der Waals surface area contributed by atoms with Gasteiger partial charge >= 0.3 is 0 Å². The van der Waals surface area contributed by atoms with Crippen LogP contribution in [0.5, 0.6) is 0 Å². The number of rotatable bonds is 4. The van der Waals surface area contributed by atoms with Gasteiger partial charge in [-0.05, 0) is 37.7 Å². The van der Waals surface area contributed by atoms with Gasteiger partial charge in [-0.2, -0.15) is 5.10 Å². The van der Waals surface area contributed by atoms with Crippen LogP contribution in [-0.2, 0) is 11.2 Å². The first kappa shape index (κ1) is 14.2. The Morgan fingerprint density at radius 3 is 3.09 bits per heavy atom. The normalized spacial score (nSPS) is 32.0. The molecule has 1 aromatic heterocycles. The van der Waals surface area contributed by atoms with Crippen molar-refractivity contribution in [2.75, 3.05) is 19.7 Å². The monoisotopic (exact) mass is 304 g/mol. The predicted octanol–water partition coefficient (Wildman–Crippen LogP) is 0.954. The highest BCUT2D eigenvalue weighted by Crippen LogP contribution is 2.37. The number of aromatic nitrogens is 2. The second kappa shape index (κ2) is 5.66. The zero-order chi connectivity index (χ0) is 15.1. The summed E-state index contributed by atoms with van der Waals surface area (Å²) in [6.45, 7) is 4.83. The highest BCUT2D eigenvalue weighted by atomic mass is 16.5. The van der Waals surface area contributed by atoms with Gasteiger partial charge in [-0.3, -0.25) is 14.8 Å². The molecule has 2 N–H and O–H groups in total. The van der Waals surface area contributed by atoms with Crippen LogP contribution in [0.1, 0.15) is 42.4 Å². The number of hydrogen-bond donors (Lipinski definition) is 2. The molecule has 1 saturated carbocycles. The number of aromatic amines is 1. The lowest BCUT2D eigenvalue weighted by Crippen LogP contribution is -2.47. The number of nitrogens with one attached hydrogen (secondary N) is 2. The van der Waals surface area contributed by atoms with Gasteiger partial charge in [0.15, 0.2) is 0 Å². The minimum absolute atomic E-state index is 0.0690. The van der Waals surface area contributed by atoms with E-state index in [1.165, 1.54) is 12.8 Å². The third-order valence-electron chi connectivity index (χ3n) is 5.17. The van der Waals surface area contributed by atoms with E-state index in [9.17, 15) is 4.79 Å². The summed E-state index contributed by atoms with van der Waals surface area (Å²) in [4.78, 5) is 14.8. The zero-order valence-corrected chi connectivity index (χ0v) is 13.0. The Labute approximate surface area is 130 Å².